The lowest BCUT2D eigenvalue weighted by atomic mass is 9.82. The van der Waals surface area contributed by atoms with E-state index < -0.39 is 53.3 Å². The van der Waals surface area contributed by atoms with Crippen LogP contribution >= 0.6 is 0 Å². The Labute approximate surface area is 171 Å². The van der Waals surface area contributed by atoms with Crippen molar-refractivity contribution in [2.75, 3.05) is 18.0 Å². The summed E-state index contributed by atoms with van der Waals surface area (Å²) in [5.74, 6) is -5.06. The molecule has 0 saturated carbocycles. The fraction of sp³-hybridized carbons (Fsp3) is 0.529. The van der Waals surface area contributed by atoms with Gasteiger partial charge < -0.3 is 21.5 Å². The summed E-state index contributed by atoms with van der Waals surface area (Å²) in [4.78, 5) is 23.5. The van der Waals surface area contributed by atoms with E-state index in [4.69, 9.17) is 11.5 Å². The van der Waals surface area contributed by atoms with E-state index in [1.165, 1.54) is 0 Å². The van der Waals surface area contributed by atoms with Gasteiger partial charge in [0.25, 0.3) is 5.91 Å². The van der Waals surface area contributed by atoms with Crippen LogP contribution in [0.5, 0.6) is 0 Å². The van der Waals surface area contributed by atoms with Crippen molar-refractivity contribution in [3.63, 3.8) is 0 Å². The van der Waals surface area contributed by atoms with Crippen molar-refractivity contribution in [2.45, 2.75) is 31.3 Å². The predicted molar refractivity (Wildman–Crippen MR) is 95.4 cm³/mol. The number of aromatic nitrogens is 2. The number of hydrogen-bond acceptors (Lipinski definition) is 7. The van der Waals surface area contributed by atoms with Crippen LogP contribution in [0.25, 0.3) is 0 Å². The molecule has 8 nitrogen and oxygen atoms in total. The van der Waals surface area contributed by atoms with Gasteiger partial charge in [-0.3, -0.25) is 4.79 Å². The molecular weight excluding hydrogens is 434 g/mol. The van der Waals surface area contributed by atoms with E-state index in [9.17, 15) is 36.2 Å². The van der Waals surface area contributed by atoms with Crippen molar-refractivity contribution in [3.8, 4) is 0 Å². The summed E-state index contributed by atoms with van der Waals surface area (Å²) in [6, 6.07) is 0. The summed E-state index contributed by atoms with van der Waals surface area (Å²) < 4.78 is 78.3. The molecule has 2 aliphatic rings. The van der Waals surface area contributed by atoms with Crippen LogP contribution in [0.4, 0.5) is 32.2 Å². The highest BCUT2D eigenvalue weighted by molar-refractivity contribution is 6.09. The van der Waals surface area contributed by atoms with Crippen LogP contribution in [0.1, 0.15) is 18.5 Å². The number of aliphatic imine (C=N–C) groups is 1. The van der Waals surface area contributed by atoms with Gasteiger partial charge in [0.2, 0.25) is 0 Å². The fourth-order valence-corrected chi connectivity index (χ4v) is 3.65. The van der Waals surface area contributed by atoms with Gasteiger partial charge in [-0.25, -0.2) is 9.97 Å². The third kappa shape index (κ3) is 4.57. The molecule has 0 spiro atoms. The number of piperidine rings is 1. The highest BCUT2D eigenvalue weighted by Crippen LogP contribution is 2.40. The Morgan fingerprint density at radius 2 is 1.71 bits per heavy atom. The molecule has 1 fully saturated rings. The first-order valence-electron chi connectivity index (χ1n) is 9.07. The number of nitrogens with two attached hydrogens (primary N) is 2. The monoisotopic (exact) mass is 452 g/mol. The van der Waals surface area contributed by atoms with Crippen LogP contribution in [0.15, 0.2) is 28.7 Å². The molecule has 14 heteroatoms. The van der Waals surface area contributed by atoms with E-state index in [0.717, 1.165) is 6.20 Å². The second-order valence-corrected chi connectivity index (χ2v) is 7.19. The Morgan fingerprint density at radius 1 is 1.10 bits per heavy atom. The highest BCUT2D eigenvalue weighted by atomic mass is 19.4. The van der Waals surface area contributed by atoms with E-state index >= 15 is 0 Å². The Balaban J connectivity index is 1.80. The lowest BCUT2D eigenvalue weighted by Crippen LogP contribution is -2.49. The third-order valence-corrected chi connectivity index (χ3v) is 5.24. The number of nitrogens with zero attached hydrogens (tertiary/aromatic N) is 4. The minimum atomic E-state index is -4.98. The standard InChI is InChI=1S/C17H18F6N6O2/c18-16(19,20)8-5-27-9(6-26-8)29-3-1-7(2-4-29)12(24)10-11(17(21,22)23)13(30)15(31)28-14(10)25/h5-7,11,13,30H,1-4,24H2,(H2,25,28,31)/t11-,13?/m1/s1. The van der Waals surface area contributed by atoms with Gasteiger partial charge in [0.1, 0.15) is 17.6 Å². The molecule has 1 aromatic heterocycles. The van der Waals surface area contributed by atoms with Crippen molar-refractivity contribution in [2.24, 2.45) is 28.3 Å². The molecule has 2 atom stereocenters. The number of aliphatic hydroxyl groups excluding tert-OH is 1. The van der Waals surface area contributed by atoms with E-state index in [0.29, 0.717) is 6.20 Å². The number of hydrogen-bond donors (Lipinski definition) is 3. The van der Waals surface area contributed by atoms with Crippen molar-refractivity contribution < 1.29 is 36.2 Å². The van der Waals surface area contributed by atoms with Crippen LogP contribution in [-0.4, -0.2) is 52.2 Å². The first-order chi connectivity index (χ1) is 14.3. The normalized spacial score (nSPS) is 25.5. The largest absolute Gasteiger partial charge is 0.434 e. The highest BCUT2D eigenvalue weighted by Gasteiger charge is 2.53. The predicted octanol–water partition coefficient (Wildman–Crippen LogP) is 1.36. The Bertz CT molecular complexity index is 903. The zero-order chi connectivity index (χ0) is 23.1. The van der Waals surface area contributed by atoms with Gasteiger partial charge in [-0.15, -0.1) is 0 Å². The van der Waals surface area contributed by atoms with Gasteiger partial charge >= 0.3 is 12.4 Å². The van der Waals surface area contributed by atoms with Gasteiger partial charge in [-0.1, -0.05) is 0 Å². The molecule has 1 unspecified atom stereocenters. The lowest BCUT2D eigenvalue weighted by molar-refractivity contribution is -0.190. The number of carbonyl (C=O) groups is 1. The van der Waals surface area contributed by atoms with E-state index in [-0.39, 0.29) is 37.4 Å². The molecule has 0 radical (unpaired) electrons. The number of alkyl halides is 6. The molecule has 1 aromatic rings. The molecule has 1 amide bonds. The van der Waals surface area contributed by atoms with Gasteiger partial charge in [0.05, 0.1) is 12.4 Å². The number of allylic oxidation sites excluding steroid dienone is 1. The van der Waals surface area contributed by atoms with E-state index in [1.807, 2.05) is 0 Å². The Kier molecular flexibility index (Phi) is 5.86. The second kappa shape index (κ2) is 7.98. The Morgan fingerprint density at radius 3 is 2.19 bits per heavy atom. The lowest BCUT2D eigenvalue weighted by Gasteiger charge is -2.36. The molecule has 3 rings (SSSR count). The SMILES string of the molecule is NC1=NC(=O)C(O)[C@H](C(F)(F)F)C1=C(N)C1CCN(c2cnc(C(F)(F)F)cn2)CC1. The summed E-state index contributed by atoms with van der Waals surface area (Å²) in [5.41, 5.74) is 9.55. The van der Waals surface area contributed by atoms with Crippen molar-refractivity contribution in [1.29, 1.82) is 0 Å². The van der Waals surface area contributed by atoms with Crippen molar-refractivity contribution in [1.82, 2.24) is 9.97 Å². The maximum absolute atomic E-state index is 13.5. The number of aliphatic hydroxyl groups is 1. The van der Waals surface area contributed by atoms with Gasteiger partial charge in [-0.2, -0.15) is 31.3 Å². The number of rotatable bonds is 2. The zero-order valence-electron chi connectivity index (χ0n) is 15.8. The fourth-order valence-electron chi connectivity index (χ4n) is 3.65. The summed E-state index contributed by atoms with van der Waals surface area (Å²) in [6.45, 7) is 0.460. The molecular formula is C17H18F6N6O2. The smallest absolute Gasteiger partial charge is 0.401 e. The average Bonchev–Trinajstić information content (AvgIpc) is 2.68. The van der Waals surface area contributed by atoms with Crippen LogP contribution in [0, 0.1) is 11.8 Å². The average molecular weight is 452 g/mol. The first-order valence-corrected chi connectivity index (χ1v) is 9.07. The quantitative estimate of drug-likeness (QED) is 0.578. The number of carbonyl (C=O) groups excluding carboxylic acids is 1. The Hall–Kier alpha value is -2.90. The number of amides is 1. The maximum Gasteiger partial charge on any atom is 0.434 e. The second-order valence-electron chi connectivity index (χ2n) is 7.19. The molecule has 0 bridgehead atoms. The third-order valence-electron chi connectivity index (χ3n) is 5.24. The summed E-state index contributed by atoms with van der Waals surface area (Å²) in [7, 11) is 0. The molecule has 5 N–H and O–H groups in total. The van der Waals surface area contributed by atoms with Crippen LogP contribution in [0.2, 0.25) is 0 Å². The molecule has 2 aliphatic heterocycles. The maximum atomic E-state index is 13.5. The summed E-state index contributed by atoms with van der Waals surface area (Å²) in [6.07, 6.45) is -10.0. The van der Waals surface area contributed by atoms with Crippen molar-refractivity contribution >= 4 is 17.6 Å². The molecule has 3 heterocycles. The molecule has 0 aromatic carbocycles. The molecule has 170 valence electrons. The number of amidine groups is 1. The van der Waals surface area contributed by atoms with Crippen LogP contribution < -0.4 is 16.4 Å². The zero-order valence-corrected chi connectivity index (χ0v) is 15.8. The van der Waals surface area contributed by atoms with E-state index in [2.05, 4.69) is 15.0 Å². The summed E-state index contributed by atoms with van der Waals surface area (Å²) >= 11 is 0. The van der Waals surface area contributed by atoms with Gasteiger partial charge in [0.15, 0.2) is 11.8 Å². The summed E-state index contributed by atoms with van der Waals surface area (Å²) in [5, 5.41) is 9.75. The first kappa shape index (κ1) is 22.8. The number of anilines is 1. The molecule has 1 saturated heterocycles. The number of halogens is 6. The van der Waals surface area contributed by atoms with Gasteiger partial charge in [0, 0.05) is 30.3 Å². The van der Waals surface area contributed by atoms with Crippen molar-refractivity contribution in [3.05, 3.63) is 29.4 Å². The van der Waals surface area contributed by atoms with Crippen LogP contribution in [-0.2, 0) is 11.0 Å². The molecule has 31 heavy (non-hydrogen) atoms. The van der Waals surface area contributed by atoms with Crippen LogP contribution in [0.3, 0.4) is 0 Å². The minimum absolute atomic E-state index is 0.186. The topological polar surface area (TPSA) is 131 Å². The molecule has 0 aliphatic carbocycles. The minimum Gasteiger partial charge on any atom is -0.401 e. The van der Waals surface area contributed by atoms with E-state index in [1.54, 1.807) is 4.90 Å². The van der Waals surface area contributed by atoms with Gasteiger partial charge in [-0.05, 0) is 12.8 Å².